The molecule has 2 amide bonds. The zero-order valence-electron chi connectivity index (χ0n) is 11.4. The van der Waals surface area contributed by atoms with Crippen LogP contribution >= 0.6 is 0 Å². The van der Waals surface area contributed by atoms with Crippen molar-refractivity contribution in [3.05, 3.63) is 0 Å². The van der Waals surface area contributed by atoms with E-state index in [4.69, 9.17) is 0 Å². The van der Waals surface area contributed by atoms with E-state index < -0.39 is 0 Å². The van der Waals surface area contributed by atoms with E-state index >= 15 is 0 Å². The second kappa shape index (κ2) is 9.49. The number of carbonyl (C=O) groups excluding carboxylic acids is 1. The highest BCUT2D eigenvalue weighted by molar-refractivity contribution is 5.74. The number of hydrogen-bond acceptors (Lipinski definition) is 1. The summed E-state index contributed by atoms with van der Waals surface area (Å²) in [6.45, 7) is 11.0. The maximum absolute atomic E-state index is 11.8. The molecule has 0 aliphatic carbocycles. The van der Waals surface area contributed by atoms with E-state index in [0.717, 1.165) is 45.3 Å². The van der Waals surface area contributed by atoms with Crippen LogP contribution in [0.3, 0.4) is 0 Å². The first-order valence-corrected chi connectivity index (χ1v) is 6.72. The lowest BCUT2D eigenvalue weighted by Crippen LogP contribution is -2.42. The molecular formula is C13H28N2O. The van der Waals surface area contributed by atoms with Gasteiger partial charge in [-0.1, -0.05) is 40.0 Å². The SMILES string of the molecule is CCCCNC(=O)N(CC)CC(CC)CC. The van der Waals surface area contributed by atoms with E-state index in [0.29, 0.717) is 5.92 Å². The molecule has 0 saturated heterocycles. The van der Waals surface area contributed by atoms with Crippen molar-refractivity contribution < 1.29 is 4.79 Å². The predicted molar refractivity (Wildman–Crippen MR) is 69.6 cm³/mol. The van der Waals surface area contributed by atoms with Gasteiger partial charge >= 0.3 is 6.03 Å². The lowest BCUT2D eigenvalue weighted by Gasteiger charge is -2.25. The van der Waals surface area contributed by atoms with Gasteiger partial charge in [-0.25, -0.2) is 4.79 Å². The van der Waals surface area contributed by atoms with Crippen molar-refractivity contribution >= 4 is 6.03 Å². The fraction of sp³-hybridized carbons (Fsp3) is 0.923. The zero-order valence-corrected chi connectivity index (χ0v) is 11.4. The Balaban J connectivity index is 4.00. The van der Waals surface area contributed by atoms with Gasteiger partial charge in [-0.15, -0.1) is 0 Å². The fourth-order valence-electron chi connectivity index (χ4n) is 1.70. The smallest absolute Gasteiger partial charge is 0.317 e. The Kier molecular flexibility index (Phi) is 9.06. The molecule has 0 rings (SSSR count). The summed E-state index contributed by atoms with van der Waals surface area (Å²) in [5, 5.41) is 2.98. The number of rotatable bonds is 8. The molecule has 3 nitrogen and oxygen atoms in total. The normalized spacial score (nSPS) is 10.6. The van der Waals surface area contributed by atoms with Crippen LogP contribution in [0.1, 0.15) is 53.4 Å². The number of urea groups is 1. The van der Waals surface area contributed by atoms with E-state index in [1.165, 1.54) is 0 Å². The Morgan fingerprint density at radius 3 is 2.25 bits per heavy atom. The van der Waals surface area contributed by atoms with Crippen LogP contribution in [0.5, 0.6) is 0 Å². The van der Waals surface area contributed by atoms with Crippen LogP contribution in [0.15, 0.2) is 0 Å². The van der Waals surface area contributed by atoms with Gasteiger partial charge in [0.05, 0.1) is 0 Å². The maximum atomic E-state index is 11.8. The van der Waals surface area contributed by atoms with Crippen LogP contribution in [0.2, 0.25) is 0 Å². The Bertz CT molecular complexity index is 179. The molecule has 3 heteroatoms. The highest BCUT2D eigenvalue weighted by Gasteiger charge is 2.14. The number of carbonyl (C=O) groups is 1. The van der Waals surface area contributed by atoms with Crippen molar-refractivity contribution in [3.8, 4) is 0 Å². The number of nitrogens with zero attached hydrogens (tertiary/aromatic N) is 1. The molecule has 0 aliphatic rings. The molecule has 0 spiro atoms. The molecule has 0 aliphatic heterocycles. The molecule has 1 N–H and O–H groups in total. The standard InChI is InChI=1S/C13H28N2O/c1-5-9-10-14-13(16)15(8-4)11-12(6-2)7-3/h12H,5-11H2,1-4H3,(H,14,16). The van der Waals surface area contributed by atoms with Crippen molar-refractivity contribution in [1.82, 2.24) is 10.2 Å². The van der Waals surface area contributed by atoms with Crippen LogP contribution in [0, 0.1) is 5.92 Å². The van der Waals surface area contributed by atoms with Gasteiger partial charge < -0.3 is 10.2 Å². The van der Waals surface area contributed by atoms with Crippen LogP contribution < -0.4 is 5.32 Å². The Morgan fingerprint density at radius 1 is 1.19 bits per heavy atom. The number of unbranched alkanes of at least 4 members (excludes halogenated alkanes) is 1. The Labute approximate surface area is 101 Å². The minimum Gasteiger partial charge on any atom is -0.338 e. The largest absolute Gasteiger partial charge is 0.338 e. The summed E-state index contributed by atoms with van der Waals surface area (Å²) in [5.41, 5.74) is 0. The summed E-state index contributed by atoms with van der Waals surface area (Å²) in [6, 6.07) is 0.0999. The summed E-state index contributed by atoms with van der Waals surface area (Å²) in [7, 11) is 0. The Hall–Kier alpha value is -0.730. The lowest BCUT2D eigenvalue weighted by molar-refractivity contribution is 0.188. The third-order valence-electron chi connectivity index (χ3n) is 3.11. The topological polar surface area (TPSA) is 32.3 Å². The van der Waals surface area contributed by atoms with E-state index in [-0.39, 0.29) is 6.03 Å². The van der Waals surface area contributed by atoms with Crippen molar-refractivity contribution in [2.75, 3.05) is 19.6 Å². The van der Waals surface area contributed by atoms with Crippen molar-refractivity contribution in [3.63, 3.8) is 0 Å². The van der Waals surface area contributed by atoms with Crippen LogP contribution in [-0.4, -0.2) is 30.6 Å². The minimum atomic E-state index is 0.0999. The molecule has 16 heavy (non-hydrogen) atoms. The number of hydrogen-bond donors (Lipinski definition) is 1. The van der Waals surface area contributed by atoms with Gasteiger partial charge in [-0.05, 0) is 19.3 Å². The van der Waals surface area contributed by atoms with Crippen molar-refractivity contribution in [1.29, 1.82) is 0 Å². The third kappa shape index (κ3) is 5.99. The van der Waals surface area contributed by atoms with Crippen molar-refractivity contribution in [2.45, 2.75) is 53.4 Å². The molecular weight excluding hydrogens is 200 g/mol. The lowest BCUT2D eigenvalue weighted by atomic mass is 10.0. The molecule has 0 radical (unpaired) electrons. The molecule has 0 aromatic carbocycles. The number of amides is 2. The van der Waals surface area contributed by atoms with Crippen LogP contribution in [0.25, 0.3) is 0 Å². The van der Waals surface area contributed by atoms with Gasteiger partial charge in [-0.3, -0.25) is 0 Å². The van der Waals surface area contributed by atoms with E-state index in [2.05, 4.69) is 26.1 Å². The van der Waals surface area contributed by atoms with Gasteiger partial charge in [-0.2, -0.15) is 0 Å². The molecule has 0 unspecified atom stereocenters. The molecule has 0 saturated carbocycles. The molecule has 0 aromatic heterocycles. The summed E-state index contributed by atoms with van der Waals surface area (Å²) < 4.78 is 0. The average Bonchev–Trinajstić information content (AvgIpc) is 2.31. The predicted octanol–water partition coefficient (Wildman–Crippen LogP) is 3.25. The zero-order chi connectivity index (χ0) is 12.4. The molecule has 0 heterocycles. The van der Waals surface area contributed by atoms with Crippen LogP contribution in [0.4, 0.5) is 4.79 Å². The van der Waals surface area contributed by atoms with Gasteiger partial charge in [0.2, 0.25) is 0 Å². The van der Waals surface area contributed by atoms with E-state index in [1.54, 1.807) is 0 Å². The first-order chi connectivity index (χ1) is 7.69. The van der Waals surface area contributed by atoms with Crippen LogP contribution in [-0.2, 0) is 0 Å². The van der Waals surface area contributed by atoms with E-state index in [9.17, 15) is 4.79 Å². The second-order valence-corrected chi connectivity index (χ2v) is 4.31. The van der Waals surface area contributed by atoms with Gasteiger partial charge in [0, 0.05) is 19.6 Å². The Morgan fingerprint density at radius 2 is 1.81 bits per heavy atom. The summed E-state index contributed by atoms with van der Waals surface area (Å²) in [4.78, 5) is 13.8. The molecule has 0 aromatic rings. The molecule has 0 atom stereocenters. The molecule has 0 fully saturated rings. The molecule has 0 bridgehead atoms. The summed E-state index contributed by atoms with van der Waals surface area (Å²) in [6.07, 6.45) is 4.48. The first-order valence-electron chi connectivity index (χ1n) is 6.72. The molecule has 96 valence electrons. The maximum Gasteiger partial charge on any atom is 0.317 e. The van der Waals surface area contributed by atoms with E-state index in [1.807, 2.05) is 11.8 Å². The quantitative estimate of drug-likeness (QED) is 0.635. The average molecular weight is 228 g/mol. The number of nitrogens with one attached hydrogen (secondary N) is 1. The third-order valence-corrected chi connectivity index (χ3v) is 3.11. The minimum absolute atomic E-state index is 0.0999. The monoisotopic (exact) mass is 228 g/mol. The van der Waals surface area contributed by atoms with Gasteiger partial charge in [0.15, 0.2) is 0 Å². The highest BCUT2D eigenvalue weighted by atomic mass is 16.2. The summed E-state index contributed by atoms with van der Waals surface area (Å²) in [5.74, 6) is 0.636. The fourth-order valence-corrected chi connectivity index (χ4v) is 1.70. The summed E-state index contributed by atoms with van der Waals surface area (Å²) >= 11 is 0. The van der Waals surface area contributed by atoms with Gasteiger partial charge in [0.1, 0.15) is 0 Å². The van der Waals surface area contributed by atoms with Crippen molar-refractivity contribution in [2.24, 2.45) is 5.92 Å². The first kappa shape index (κ1) is 15.3. The highest BCUT2D eigenvalue weighted by Crippen LogP contribution is 2.09. The van der Waals surface area contributed by atoms with Gasteiger partial charge in [0.25, 0.3) is 0 Å². The second-order valence-electron chi connectivity index (χ2n) is 4.31.